The van der Waals surface area contributed by atoms with E-state index in [0.717, 1.165) is 6.54 Å². The van der Waals surface area contributed by atoms with Gasteiger partial charge in [-0.15, -0.1) is 0 Å². The van der Waals surface area contributed by atoms with Gasteiger partial charge in [0.25, 0.3) is 0 Å². The summed E-state index contributed by atoms with van der Waals surface area (Å²) < 4.78 is 5.02. The Hall–Kier alpha value is -1.43. The average molecular weight is 241 g/mol. The van der Waals surface area contributed by atoms with Crippen LogP contribution < -0.4 is 0 Å². The van der Waals surface area contributed by atoms with Gasteiger partial charge in [-0.25, -0.2) is 0 Å². The van der Waals surface area contributed by atoms with E-state index in [4.69, 9.17) is 9.63 Å². The van der Waals surface area contributed by atoms with Gasteiger partial charge in [-0.3, -0.25) is 9.69 Å². The van der Waals surface area contributed by atoms with Gasteiger partial charge in [0, 0.05) is 12.5 Å². The molecular formula is C11H19N3O3. The van der Waals surface area contributed by atoms with Crippen LogP contribution in [-0.4, -0.2) is 38.7 Å². The van der Waals surface area contributed by atoms with E-state index in [0.29, 0.717) is 24.7 Å². The van der Waals surface area contributed by atoms with Crippen molar-refractivity contribution in [1.82, 2.24) is 15.0 Å². The number of nitrogens with zero attached hydrogens (tertiary/aromatic N) is 3. The molecule has 1 heterocycles. The highest BCUT2D eigenvalue weighted by Crippen LogP contribution is 2.09. The molecule has 0 saturated carbocycles. The third-order valence-electron chi connectivity index (χ3n) is 2.66. The number of aromatic nitrogens is 2. The van der Waals surface area contributed by atoms with Crippen molar-refractivity contribution in [3.05, 3.63) is 11.7 Å². The van der Waals surface area contributed by atoms with Gasteiger partial charge in [-0.2, -0.15) is 4.98 Å². The molecule has 6 nitrogen and oxygen atoms in total. The fourth-order valence-electron chi connectivity index (χ4n) is 1.64. The number of rotatable bonds is 7. The van der Waals surface area contributed by atoms with Gasteiger partial charge >= 0.3 is 5.97 Å². The Bertz CT molecular complexity index is 365. The van der Waals surface area contributed by atoms with Crippen molar-refractivity contribution in [2.75, 3.05) is 6.54 Å². The van der Waals surface area contributed by atoms with Crippen LogP contribution in [0.2, 0.25) is 0 Å². The second-order valence-corrected chi connectivity index (χ2v) is 3.97. The summed E-state index contributed by atoms with van der Waals surface area (Å²) in [5.74, 6) is 0.432. The monoisotopic (exact) mass is 241 g/mol. The summed E-state index contributed by atoms with van der Waals surface area (Å²) in [6.45, 7) is 7.10. The van der Waals surface area contributed by atoms with Crippen LogP contribution in [0.3, 0.4) is 0 Å². The maximum atomic E-state index is 10.7. The fraction of sp³-hybridized carbons (Fsp3) is 0.727. The van der Waals surface area contributed by atoms with Crippen LogP contribution in [0.15, 0.2) is 4.52 Å². The van der Waals surface area contributed by atoms with E-state index in [1.54, 1.807) is 0 Å². The highest BCUT2D eigenvalue weighted by molar-refractivity contribution is 5.67. The van der Waals surface area contributed by atoms with E-state index in [9.17, 15) is 4.79 Å². The number of carboxylic acid groups (broad SMARTS) is 1. The first-order valence-electron chi connectivity index (χ1n) is 5.84. The molecule has 0 saturated heterocycles. The number of aryl methyl sites for hydroxylation is 1. The molecule has 0 amide bonds. The summed E-state index contributed by atoms with van der Waals surface area (Å²) in [6, 6.07) is -0.0407. The van der Waals surface area contributed by atoms with Gasteiger partial charge in [0.1, 0.15) is 0 Å². The molecule has 0 fully saturated rings. The Kier molecular flexibility index (Phi) is 5.09. The maximum absolute atomic E-state index is 10.7. The van der Waals surface area contributed by atoms with Crippen molar-refractivity contribution in [2.45, 2.75) is 46.2 Å². The number of carboxylic acids is 1. The molecule has 17 heavy (non-hydrogen) atoms. The molecule has 0 aliphatic rings. The van der Waals surface area contributed by atoms with Crippen LogP contribution in [0.25, 0.3) is 0 Å². The van der Waals surface area contributed by atoms with Crippen molar-refractivity contribution in [3.63, 3.8) is 0 Å². The predicted molar refractivity (Wildman–Crippen MR) is 61.5 cm³/mol. The normalized spacial score (nSPS) is 12.9. The zero-order valence-corrected chi connectivity index (χ0v) is 10.5. The molecule has 6 heteroatoms. The number of aliphatic carboxylic acids is 1. The van der Waals surface area contributed by atoms with Gasteiger partial charge in [0.2, 0.25) is 5.89 Å². The molecule has 1 rings (SSSR count). The van der Waals surface area contributed by atoms with Crippen molar-refractivity contribution in [2.24, 2.45) is 0 Å². The summed E-state index contributed by atoms with van der Waals surface area (Å²) in [6.07, 6.45) is 0.829. The lowest BCUT2D eigenvalue weighted by atomic mass is 10.2. The summed E-state index contributed by atoms with van der Waals surface area (Å²) in [5.41, 5.74) is 0. The summed E-state index contributed by atoms with van der Waals surface area (Å²) in [5, 5.41) is 12.6. The molecule has 0 bridgehead atoms. The molecule has 1 unspecified atom stereocenters. The Morgan fingerprint density at radius 3 is 2.71 bits per heavy atom. The van der Waals surface area contributed by atoms with Crippen molar-refractivity contribution in [3.8, 4) is 0 Å². The Labute approximate surface area is 101 Å². The smallest absolute Gasteiger partial charge is 0.304 e. The van der Waals surface area contributed by atoms with Crippen molar-refractivity contribution >= 4 is 5.97 Å². The lowest BCUT2D eigenvalue weighted by Crippen LogP contribution is -2.34. The molecule has 0 aliphatic carbocycles. The first-order chi connectivity index (χ1) is 8.06. The second kappa shape index (κ2) is 6.34. The lowest BCUT2D eigenvalue weighted by Gasteiger charge is -2.24. The summed E-state index contributed by atoms with van der Waals surface area (Å²) >= 11 is 0. The van der Waals surface area contributed by atoms with Gasteiger partial charge in [0.15, 0.2) is 5.82 Å². The molecule has 96 valence electrons. The minimum atomic E-state index is -0.793. The first kappa shape index (κ1) is 13.6. The van der Waals surface area contributed by atoms with Crippen LogP contribution in [0, 0.1) is 0 Å². The van der Waals surface area contributed by atoms with E-state index in [1.807, 2.05) is 25.7 Å². The molecule has 1 aromatic rings. The SMILES string of the molecule is CCc1nc(CN(CC)C(C)CC(=O)O)no1. The zero-order valence-electron chi connectivity index (χ0n) is 10.5. The van der Waals surface area contributed by atoms with Gasteiger partial charge in [-0.1, -0.05) is 19.0 Å². The quantitative estimate of drug-likeness (QED) is 0.775. The van der Waals surface area contributed by atoms with E-state index < -0.39 is 5.97 Å². The van der Waals surface area contributed by atoms with Crippen molar-refractivity contribution in [1.29, 1.82) is 0 Å². The molecule has 0 radical (unpaired) electrons. The maximum Gasteiger partial charge on any atom is 0.304 e. The lowest BCUT2D eigenvalue weighted by molar-refractivity contribution is -0.138. The third-order valence-corrected chi connectivity index (χ3v) is 2.66. The number of hydrogen-bond donors (Lipinski definition) is 1. The number of hydrogen-bond acceptors (Lipinski definition) is 5. The van der Waals surface area contributed by atoms with Gasteiger partial charge in [0.05, 0.1) is 13.0 Å². The minimum Gasteiger partial charge on any atom is -0.481 e. The Morgan fingerprint density at radius 2 is 2.24 bits per heavy atom. The van der Waals surface area contributed by atoms with Crippen LogP contribution >= 0.6 is 0 Å². The van der Waals surface area contributed by atoms with E-state index >= 15 is 0 Å². The Balaban J connectivity index is 2.59. The number of carbonyl (C=O) groups is 1. The standard InChI is InChI=1S/C11H19N3O3/c1-4-10-12-9(13-17-10)7-14(5-2)8(3)6-11(15)16/h8H,4-7H2,1-3H3,(H,15,16). The molecule has 1 atom stereocenters. The second-order valence-electron chi connectivity index (χ2n) is 3.97. The van der Waals surface area contributed by atoms with Crippen LogP contribution in [-0.2, 0) is 17.8 Å². The summed E-state index contributed by atoms with van der Waals surface area (Å²) in [4.78, 5) is 16.9. The summed E-state index contributed by atoms with van der Waals surface area (Å²) in [7, 11) is 0. The van der Waals surface area contributed by atoms with E-state index in [2.05, 4.69) is 10.1 Å². The Morgan fingerprint density at radius 1 is 1.53 bits per heavy atom. The zero-order chi connectivity index (χ0) is 12.8. The predicted octanol–water partition coefficient (Wildman–Crippen LogP) is 1.32. The van der Waals surface area contributed by atoms with Crippen LogP contribution in [0.4, 0.5) is 0 Å². The van der Waals surface area contributed by atoms with Gasteiger partial charge in [-0.05, 0) is 13.5 Å². The third kappa shape index (κ3) is 4.14. The highest BCUT2D eigenvalue weighted by Gasteiger charge is 2.17. The topological polar surface area (TPSA) is 79.5 Å². The molecule has 0 aliphatic heterocycles. The van der Waals surface area contributed by atoms with Crippen molar-refractivity contribution < 1.29 is 14.4 Å². The minimum absolute atomic E-state index is 0.0407. The first-order valence-corrected chi connectivity index (χ1v) is 5.84. The molecule has 0 spiro atoms. The van der Waals surface area contributed by atoms with Crippen LogP contribution in [0.5, 0.6) is 0 Å². The van der Waals surface area contributed by atoms with Crippen LogP contribution in [0.1, 0.15) is 38.9 Å². The van der Waals surface area contributed by atoms with Gasteiger partial charge < -0.3 is 9.63 Å². The molecule has 0 aromatic carbocycles. The molecular weight excluding hydrogens is 222 g/mol. The molecule has 1 N–H and O–H groups in total. The molecule has 1 aromatic heterocycles. The van der Waals surface area contributed by atoms with E-state index in [-0.39, 0.29) is 12.5 Å². The average Bonchev–Trinajstić information content (AvgIpc) is 2.72. The highest BCUT2D eigenvalue weighted by atomic mass is 16.5. The van der Waals surface area contributed by atoms with E-state index in [1.165, 1.54) is 0 Å². The largest absolute Gasteiger partial charge is 0.481 e. The fourth-order valence-corrected chi connectivity index (χ4v) is 1.64.